The number of nitrogens with zero attached hydrogens (tertiary/aromatic N) is 1. The van der Waals surface area contributed by atoms with Crippen molar-refractivity contribution in [1.29, 1.82) is 0 Å². The van der Waals surface area contributed by atoms with Gasteiger partial charge in [-0.05, 0) is 81.9 Å². The zero-order valence-corrected chi connectivity index (χ0v) is 22.9. The number of rotatable bonds is 5. The second-order valence-electron chi connectivity index (χ2n) is 10.6. The number of furan rings is 1. The van der Waals surface area contributed by atoms with Crippen molar-refractivity contribution in [3.05, 3.63) is 164 Å². The van der Waals surface area contributed by atoms with E-state index in [4.69, 9.17) is 4.42 Å². The molecule has 0 atom stereocenters. The van der Waals surface area contributed by atoms with Gasteiger partial charge < -0.3 is 9.32 Å². The molecule has 2 heteroatoms. The lowest BCUT2D eigenvalue weighted by Crippen LogP contribution is -2.10. The van der Waals surface area contributed by atoms with E-state index >= 15 is 0 Å². The summed E-state index contributed by atoms with van der Waals surface area (Å²) in [6.45, 7) is 0. The maximum Gasteiger partial charge on any atom is 0.135 e. The molecule has 1 aromatic heterocycles. The Labute approximate surface area is 244 Å². The molecule has 0 spiro atoms. The average Bonchev–Trinajstić information content (AvgIpc) is 3.50. The third kappa shape index (κ3) is 4.31. The van der Waals surface area contributed by atoms with E-state index in [1.807, 2.05) is 18.2 Å². The minimum absolute atomic E-state index is 0.887. The van der Waals surface area contributed by atoms with Crippen LogP contribution in [0.1, 0.15) is 0 Å². The zero-order chi connectivity index (χ0) is 27.9. The summed E-state index contributed by atoms with van der Waals surface area (Å²) in [5.41, 5.74) is 7.76. The van der Waals surface area contributed by atoms with Gasteiger partial charge in [0, 0.05) is 27.7 Å². The number of hydrogen-bond acceptors (Lipinski definition) is 2. The number of hydrogen-bond donors (Lipinski definition) is 0. The van der Waals surface area contributed by atoms with Crippen LogP contribution in [0.15, 0.2) is 168 Å². The van der Waals surface area contributed by atoms with E-state index in [2.05, 4.69) is 150 Å². The number of benzene rings is 7. The smallest absolute Gasteiger partial charge is 0.135 e. The number of fused-ring (bicyclic) bond motifs is 3. The first-order valence-corrected chi connectivity index (χ1v) is 14.3. The molecule has 42 heavy (non-hydrogen) atoms. The molecule has 8 aromatic rings. The second-order valence-corrected chi connectivity index (χ2v) is 10.6. The molecule has 0 unspecified atom stereocenters. The van der Waals surface area contributed by atoms with Gasteiger partial charge in [0.1, 0.15) is 11.3 Å². The van der Waals surface area contributed by atoms with Crippen molar-refractivity contribution in [2.24, 2.45) is 0 Å². The van der Waals surface area contributed by atoms with Crippen molar-refractivity contribution in [3.8, 4) is 22.5 Å². The van der Waals surface area contributed by atoms with E-state index in [9.17, 15) is 0 Å². The highest BCUT2D eigenvalue weighted by Crippen LogP contribution is 2.40. The van der Waals surface area contributed by atoms with E-state index in [-0.39, 0.29) is 0 Å². The second kappa shape index (κ2) is 10.1. The molecule has 0 aliphatic heterocycles. The molecule has 0 amide bonds. The first-order chi connectivity index (χ1) is 20.8. The summed E-state index contributed by atoms with van der Waals surface area (Å²) in [7, 11) is 0. The molecule has 0 fully saturated rings. The fraction of sp³-hybridized carbons (Fsp3) is 0. The SMILES string of the molecule is c1ccc(N(c2ccc3cc(-c4cccc(-c5cc6ccccc6o5)c4)ccc3c2)c2cccc3ccccc23)cc1. The Hall–Kier alpha value is -5.60. The summed E-state index contributed by atoms with van der Waals surface area (Å²) in [5, 5.41) is 5.98. The quantitative estimate of drug-likeness (QED) is 0.217. The Kier molecular flexibility index (Phi) is 5.82. The van der Waals surface area contributed by atoms with Crippen LogP contribution in [0.3, 0.4) is 0 Å². The fourth-order valence-corrected chi connectivity index (χ4v) is 5.94. The summed E-state index contributed by atoms with van der Waals surface area (Å²) in [6, 6.07) is 58.0. The normalized spacial score (nSPS) is 11.3. The van der Waals surface area contributed by atoms with Crippen LogP contribution < -0.4 is 4.90 Å². The highest BCUT2D eigenvalue weighted by molar-refractivity contribution is 6.00. The molecule has 0 aliphatic rings. The van der Waals surface area contributed by atoms with Crippen LogP contribution in [-0.2, 0) is 0 Å². The fourth-order valence-electron chi connectivity index (χ4n) is 5.94. The molecule has 0 saturated heterocycles. The first kappa shape index (κ1) is 24.2. The van der Waals surface area contributed by atoms with Crippen LogP contribution >= 0.6 is 0 Å². The van der Waals surface area contributed by atoms with Gasteiger partial charge in [-0.15, -0.1) is 0 Å². The third-order valence-corrected chi connectivity index (χ3v) is 8.01. The highest BCUT2D eigenvalue weighted by atomic mass is 16.3. The Morgan fingerprint density at radius 1 is 0.381 bits per heavy atom. The lowest BCUT2D eigenvalue weighted by Gasteiger charge is -2.27. The first-order valence-electron chi connectivity index (χ1n) is 14.3. The maximum atomic E-state index is 6.15. The largest absolute Gasteiger partial charge is 0.456 e. The van der Waals surface area contributed by atoms with Crippen molar-refractivity contribution in [3.63, 3.8) is 0 Å². The molecule has 8 rings (SSSR count). The van der Waals surface area contributed by atoms with Crippen molar-refractivity contribution in [2.45, 2.75) is 0 Å². The van der Waals surface area contributed by atoms with Gasteiger partial charge in [-0.3, -0.25) is 0 Å². The molecule has 0 saturated carbocycles. The summed E-state index contributed by atoms with van der Waals surface area (Å²) in [6.07, 6.45) is 0. The molecular formula is C40H27NO. The van der Waals surface area contributed by atoms with Crippen LogP contribution in [-0.4, -0.2) is 0 Å². The minimum Gasteiger partial charge on any atom is -0.456 e. The molecule has 2 nitrogen and oxygen atoms in total. The lowest BCUT2D eigenvalue weighted by molar-refractivity contribution is 0.631. The Morgan fingerprint density at radius 3 is 1.98 bits per heavy atom. The van der Waals surface area contributed by atoms with E-state index in [0.29, 0.717) is 0 Å². The van der Waals surface area contributed by atoms with Crippen LogP contribution in [0.4, 0.5) is 17.1 Å². The van der Waals surface area contributed by atoms with Gasteiger partial charge in [-0.1, -0.05) is 109 Å². The van der Waals surface area contributed by atoms with Gasteiger partial charge in [0.25, 0.3) is 0 Å². The van der Waals surface area contributed by atoms with Gasteiger partial charge in [0.15, 0.2) is 0 Å². The van der Waals surface area contributed by atoms with Gasteiger partial charge in [-0.2, -0.15) is 0 Å². The molecule has 0 aliphatic carbocycles. The van der Waals surface area contributed by atoms with Crippen LogP contribution in [0.2, 0.25) is 0 Å². The Morgan fingerprint density at radius 2 is 1.07 bits per heavy atom. The van der Waals surface area contributed by atoms with Crippen LogP contribution in [0.5, 0.6) is 0 Å². The molecule has 0 radical (unpaired) electrons. The van der Waals surface area contributed by atoms with Crippen LogP contribution in [0, 0.1) is 0 Å². The molecular weight excluding hydrogens is 510 g/mol. The summed E-state index contributed by atoms with van der Waals surface area (Å²) >= 11 is 0. The molecule has 0 N–H and O–H groups in total. The van der Waals surface area contributed by atoms with Gasteiger partial charge >= 0.3 is 0 Å². The topological polar surface area (TPSA) is 16.4 Å². The van der Waals surface area contributed by atoms with E-state index in [1.165, 1.54) is 32.7 Å². The Bertz CT molecular complexity index is 2170. The zero-order valence-electron chi connectivity index (χ0n) is 22.9. The average molecular weight is 538 g/mol. The predicted molar refractivity (Wildman–Crippen MR) is 177 cm³/mol. The standard InChI is InChI=1S/C40H27NO/c1-2-15-35(16-3-1)41(38-18-9-12-28-10-4-6-17-37(28)38)36-23-22-31-24-30(20-21-32(31)26-36)29-13-8-14-33(25-29)40-27-34-11-5-7-19-39(34)42-40/h1-27H. The minimum atomic E-state index is 0.887. The predicted octanol–water partition coefficient (Wildman–Crippen LogP) is 11.5. The highest BCUT2D eigenvalue weighted by Gasteiger charge is 2.16. The molecule has 7 aromatic carbocycles. The van der Waals surface area contributed by atoms with Crippen molar-refractivity contribution in [2.75, 3.05) is 4.90 Å². The molecule has 0 bridgehead atoms. The van der Waals surface area contributed by atoms with Crippen molar-refractivity contribution in [1.82, 2.24) is 0 Å². The van der Waals surface area contributed by atoms with Crippen LogP contribution in [0.25, 0.3) is 55.0 Å². The van der Waals surface area contributed by atoms with Gasteiger partial charge in [0.05, 0.1) is 5.69 Å². The molecule has 198 valence electrons. The van der Waals surface area contributed by atoms with Crippen molar-refractivity contribution >= 4 is 49.6 Å². The van der Waals surface area contributed by atoms with E-state index in [0.717, 1.165) is 39.4 Å². The lowest BCUT2D eigenvalue weighted by atomic mass is 9.98. The van der Waals surface area contributed by atoms with Crippen molar-refractivity contribution < 1.29 is 4.42 Å². The third-order valence-electron chi connectivity index (χ3n) is 8.01. The Balaban J connectivity index is 1.20. The number of anilines is 3. The van der Waals surface area contributed by atoms with Gasteiger partial charge in [-0.25, -0.2) is 0 Å². The maximum absolute atomic E-state index is 6.15. The van der Waals surface area contributed by atoms with Gasteiger partial charge in [0.2, 0.25) is 0 Å². The van der Waals surface area contributed by atoms with E-state index in [1.54, 1.807) is 0 Å². The monoisotopic (exact) mass is 537 g/mol. The summed E-state index contributed by atoms with van der Waals surface area (Å²) in [4.78, 5) is 2.35. The number of para-hydroxylation sites is 2. The summed E-state index contributed by atoms with van der Waals surface area (Å²) < 4.78 is 6.15. The summed E-state index contributed by atoms with van der Waals surface area (Å²) in [5.74, 6) is 0.887. The van der Waals surface area contributed by atoms with E-state index < -0.39 is 0 Å². The molecule has 1 heterocycles.